The molecule has 0 radical (unpaired) electrons. The molecule has 1 aliphatic carbocycles. The topological polar surface area (TPSA) is 52.3 Å². The van der Waals surface area contributed by atoms with Gasteiger partial charge in [0, 0.05) is 15.7 Å². The standard InChI is InChI=1S/C13H16ClNO2S/c1-17-12(16)13(15,9-2-3-9)8-18-11-6-4-10(14)5-7-11/h4-7,9H,2-3,8,15H2,1H3. The summed E-state index contributed by atoms with van der Waals surface area (Å²) in [5, 5.41) is 0.702. The van der Waals surface area contributed by atoms with E-state index >= 15 is 0 Å². The third-order valence-electron chi connectivity index (χ3n) is 3.16. The van der Waals surface area contributed by atoms with Gasteiger partial charge in [-0.05, 0) is 43.0 Å². The zero-order valence-corrected chi connectivity index (χ0v) is 11.8. The van der Waals surface area contributed by atoms with Crippen molar-refractivity contribution in [3.63, 3.8) is 0 Å². The van der Waals surface area contributed by atoms with E-state index in [0.717, 1.165) is 17.7 Å². The van der Waals surface area contributed by atoms with Crippen LogP contribution in [-0.2, 0) is 9.53 Å². The van der Waals surface area contributed by atoms with Crippen LogP contribution in [0.4, 0.5) is 0 Å². The molecule has 0 saturated heterocycles. The van der Waals surface area contributed by atoms with Gasteiger partial charge in [-0.3, -0.25) is 4.79 Å². The molecule has 0 aromatic heterocycles. The Labute approximate surface area is 116 Å². The van der Waals surface area contributed by atoms with Gasteiger partial charge >= 0.3 is 5.97 Å². The van der Waals surface area contributed by atoms with E-state index in [1.165, 1.54) is 7.11 Å². The van der Waals surface area contributed by atoms with Crippen molar-refractivity contribution < 1.29 is 9.53 Å². The van der Waals surface area contributed by atoms with Crippen LogP contribution in [0, 0.1) is 5.92 Å². The van der Waals surface area contributed by atoms with Crippen molar-refractivity contribution in [2.45, 2.75) is 23.3 Å². The molecule has 1 atom stereocenters. The van der Waals surface area contributed by atoms with Crippen molar-refractivity contribution in [1.82, 2.24) is 0 Å². The zero-order valence-electron chi connectivity index (χ0n) is 10.2. The summed E-state index contributed by atoms with van der Waals surface area (Å²) < 4.78 is 4.83. The minimum atomic E-state index is -0.862. The molecule has 0 spiro atoms. The third kappa shape index (κ3) is 2.99. The number of esters is 1. The lowest BCUT2D eigenvalue weighted by Gasteiger charge is -2.25. The molecule has 3 nitrogen and oxygen atoms in total. The molecule has 18 heavy (non-hydrogen) atoms. The summed E-state index contributed by atoms with van der Waals surface area (Å²) in [7, 11) is 1.39. The molecule has 2 rings (SSSR count). The van der Waals surface area contributed by atoms with Crippen LogP contribution < -0.4 is 5.73 Å². The average Bonchev–Trinajstić information content (AvgIpc) is 3.21. The minimum Gasteiger partial charge on any atom is -0.468 e. The Hall–Kier alpha value is -0.710. The molecule has 1 unspecified atom stereocenters. The van der Waals surface area contributed by atoms with Gasteiger partial charge in [0.15, 0.2) is 0 Å². The van der Waals surface area contributed by atoms with Crippen LogP contribution in [-0.4, -0.2) is 24.4 Å². The number of hydrogen-bond acceptors (Lipinski definition) is 4. The fourth-order valence-corrected chi connectivity index (χ4v) is 3.08. The second kappa shape index (κ2) is 5.51. The quantitative estimate of drug-likeness (QED) is 0.668. The lowest BCUT2D eigenvalue weighted by molar-refractivity contribution is -0.146. The number of thioether (sulfide) groups is 1. The second-order valence-electron chi connectivity index (χ2n) is 4.55. The lowest BCUT2D eigenvalue weighted by atomic mass is 9.97. The van der Waals surface area contributed by atoms with Crippen LogP contribution in [0.1, 0.15) is 12.8 Å². The monoisotopic (exact) mass is 285 g/mol. The molecule has 0 heterocycles. The third-order valence-corrected chi connectivity index (χ3v) is 4.64. The first-order valence-corrected chi connectivity index (χ1v) is 7.18. The summed E-state index contributed by atoms with van der Waals surface area (Å²) in [5.41, 5.74) is 5.35. The molecule has 1 aliphatic rings. The van der Waals surface area contributed by atoms with E-state index in [4.69, 9.17) is 22.1 Å². The summed E-state index contributed by atoms with van der Waals surface area (Å²) in [6, 6.07) is 7.52. The van der Waals surface area contributed by atoms with Gasteiger partial charge in [0.2, 0.25) is 0 Å². The predicted molar refractivity (Wildman–Crippen MR) is 73.8 cm³/mol. The molecule has 0 amide bonds. The Morgan fingerprint density at radius 2 is 2.11 bits per heavy atom. The fourth-order valence-electron chi connectivity index (χ4n) is 1.87. The van der Waals surface area contributed by atoms with Crippen LogP contribution in [0.3, 0.4) is 0 Å². The van der Waals surface area contributed by atoms with Gasteiger partial charge in [0.1, 0.15) is 5.54 Å². The van der Waals surface area contributed by atoms with Crippen LogP contribution in [0.2, 0.25) is 5.02 Å². The second-order valence-corrected chi connectivity index (χ2v) is 6.03. The number of nitrogens with two attached hydrogens (primary N) is 1. The van der Waals surface area contributed by atoms with Crippen molar-refractivity contribution in [2.24, 2.45) is 11.7 Å². The number of ether oxygens (including phenoxy) is 1. The van der Waals surface area contributed by atoms with E-state index in [0.29, 0.717) is 10.8 Å². The van der Waals surface area contributed by atoms with E-state index in [-0.39, 0.29) is 11.9 Å². The molecule has 1 aromatic carbocycles. The highest BCUT2D eigenvalue weighted by molar-refractivity contribution is 7.99. The van der Waals surface area contributed by atoms with Crippen molar-refractivity contribution in [2.75, 3.05) is 12.9 Å². The summed E-state index contributed by atoms with van der Waals surface area (Å²) in [6.45, 7) is 0. The molecule has 5 heteroatoms. The van der Waals surface area contributed by atoms with Gasteiger partial charge in [-0.1, -0.05) is 11.6 Å². The van der Waals surface area contributed by atoms with Crippen molar-refractivity contribution in [3.8, 4) is 0 Å². The summed E-state index contributed by atoms with van der Waals surface area (Å²) in [5.74, 6) is 0.475. The first kappa shape index (κ1) is 13.7. The Bertz CT molecular complexity index is 433. The highest BCUT2D eigenvalue weighted by Gasteiger charge is 2.48. The minimum absolute atomic E-state index is 0.254. The Morgan fingerprint density at radius 1 is 1.50 bits per heavy atom. The van der Waals surface area contributed by atoms with Gasteiger partial charge in [0.25, 0.3) is 0 Å². The van der Waals surface area contributed by atoms with E-state index in [2.05, 4.69) is 0 Å². The number of methoxy groups -OCH3 is 1. The van der Waals surface area contributed by atoms with Gasteiger partial charge in [-0.25, -0.2) is 0 Å². The molecule has 1 aromatic rings. The molecular weight excluding hydrogens is 270 g/mol. The zero-order chi connectivity index (χ0) is 13.2. The maximum absolute atomic E-state index is 11.8. The van der Waals surface area contributed by atoms with Gasteiger partial charge in [0.05, 0.1) is 7.11 Å². The van der Waals surface area contributed by atoms with Crippen LogP contribution in [0.5, 0.6) is 0 Å². The Morgan fingerprint density at radius 3 is 2.61 bits per heavy atom. The largest absolute Gasteiger partial charge is 0.468 e. The summed E-state index contributed by atoms with van der Waals surface area (Å²) in [4.78, 5) is 12.9. The number of halogens is 1. The van der Waals surface area contributed by atoms with Gasteiger partial charge < -0.3 is 10.5 Å². The number of carbonyl (C=O) groups excluding carboxylic acids is 1. The first-order valence-electron chi connectivity index (χ1n) is 5.82. The maximum Gasteiger partial charge on any atom is 0.327 e. The van der Waals surface area contributed by atoms with Gasteiger partial charge in [-0.15, -0.1) is 11.8 Å². The number of rotatable bonds is 5. The molecule has 2 N–H and O–H groups in total. The smallest absolute Gasteiger partial charge is 0.327 e. The molecule has 0 bridgehead atoms. The Kier molecular flexibility index (Phi) is 4.20. The van der Waals surface area contributed by atoms with Crippen molar-refractivity contribution in [1.29, 1.82) is 0 Å². The maximum atomic E-state index is 11.8. The van der Waals surface area contributed by atoms with Crippen LogP contribution in [0.15, 0.2) is 29.2 Å². The van der Waals surface area contributed by atoms with Crippen molar-refractivity contribution in [3.05, 3.63) is 29.3 Å². The van der Waals surface area contributed by atoms with E-state index in [9.17, 15) is 4.79 Å². The first-order chi connectivity index (χ1) is 8.56. The predicted octanol–water partition coefficient (Wildman–Crippen LogP) is 2.71. The summed E-state index contributed by atoms with van der Waals surface area (Å²) >= 11 is 7.39. The molecule has 98 valence electrons. The molecule has 0 aliphatic heterocycles. The van der Waals surface area contributed by atoms with E-state index in [1.807, 2.05) is 24.3 Å². The molecular formula is C13H16ClNO2S. The fraction of sp³-hybridized carbons (Fsp3) is 0.462. The highest BCUT2D eigenvalue weighted by Crippen LogP contribution is 2.41. The molecule has 1 fully saturated rings. The lowest BCUT2D eigenvalue weighted by Crippen LogP contribution is -2.53. The Balaban J connectivity index is 2.02. The van der Waals surface area contributed by atoms with Gasteiger partial charge in [-0.2, -0.15) is 0 Å². The van der Waals surface area contributed by atoms with E-state index in [1.54, 1.807) is 11.8 Å². The number of benzene rings is 1. The SMILES string of the molecule is COC(=O)C(N)(CSc1ccc(Cl)cc1)C1CC1. The van der Waals surface area contributed by atoms with Crippen LogP contribution >= 0.6 is 23.4 Å². The molecule has 1 saturated carbocycles. The van der Waals surface area contributed by atoms with Crippen LogP contribution in [0.25, 0.3) is 0 Å². The normalized spacial score (nSPS) is 18.2. The van der Waals surface area contributed by atoms with E-state index < -0.39 is 5.54 Å². The number of carbonyl (C=O) groups is 1. The van der Waals surface area contributed by atoms with Crippen molar-refractivity contribution >= 4 is 29.3 Å². The summed E-state index contributed by atoms with van der Waals surface area (Å²) in [6.07, 6.45) is 2.01. The highest BCUT2D eigenvalue weighted by atomic mass is 35.5. The average molecular weight is 286 g/mol. The number of hydrogen-bond donors (Lipinski definition) is 1.